The molecule has 6 nitrogen and oxygen atoms in total. The van der Waals surface area contributed by atoms with Gasteiger partial charge in [0, 0.05) is 21.8 Å². The molecule has 29 heavy (non-hydrogen) atoms. The Hall–Kier alpha value is -2.49. The summed E-state index contributed by atoms with van der Waals surface area (Å²) in [5.74, 6) is -2.69. The zero-order chi connectivity index (χ0) is 21.3. The molecule has 2 aromatic rings. The Labute approximate surface area is 172 Å². The summed E-state index contributed by atoms with van der Waals surface area (Å²) in [6.07, 6.45) is -8.25. The maximum absolute atomic E-state index is 12.7. The molecule has 0 aromatic heterocycles. The number of aliphatic carboxylic acids is 1. The summed E-state index contributed by atoms with van der Waals surface area (Å²) in [7, 11) is 0. The third-order valence-electron chi connectivity index (χ3n) is 4.01. The Morgan fingerprint density at radius 3 is 2.59 bits per heavy atom. The van der Waals surface area contributed by atoms with Crippen molar-refractivity contribution in [3.8, 4) is 5.75 Å². The van der Waals surface area contributed by atoms with Crippen LogP contribution in [-0.4, -0.2) is 29.4 Å². The molecule has 1 amide bonds. The molecule has 0 radical (unpaired) electrons. The van der Waals surface area contributed by atoms with Crippen molar-refractivity contribution in [1.29, 1.82) is 0 Å². The highest BCUT2D eigenvalue weighted by molar-refractivity contribution is 6.33. The first-order valence-corrected chi connectivity index (χ1v) is 8.82. The highest BCUT2D eigenvalue weighted by atomic mass is 35.5. The molecule has 1 aliphatic rings. The highest BCUT2D eigenvalue weighted by Crippen LogP contribution is 2.43. The largest absolute Gasteiger partial charge is 0.573 e. The average molecular weight is 450 g/mol. The number of carboxylic acids is 1. The number of hydrogen-bond acceptors (Lipinski definition) is 4. The van der Waals surface area contributed by atoms with Crippen molar-refractivity contribution in [2.24, 2.45) is 0 Å². The molecule has 0 fully saturated rings. The number of anilines is 1. The van der Waals surface area contributed by atoms with Crippen LogP contribution in [0.15, 0.2) is 36.4 Å². The van der Waals surface area contributed by atoms with Crippen molar-refractivity contribution in [1.82, 2.24) is 0 Å². The molecule has 154 valence electrons. The van der Waals surface area contributed by atoms with Crippen molar-refractivity contribution in [2.75, 3.05) is 5.32 Å². The number of amides is 1. The number of nitrogens with one attached hydrogen (secondary N) is 1. The fourth-order valence-corrected chi connectivity index (χ4v) is 3.30. The summed E-state index contributed by atoms with van der Waals surface area (Å²) < 4.78 is 47.6. The lowest BCUT2D eigenvalue weighted by molar-refractivity contribution is -0.274. The van der Waals surface area contributed by atoms with Crippen LogP contribution >= 0.6 is 23.2 Å². The molecule has 1 aliphatic heterocycles. The van der Waals surface area contributed by atoms with Crippen LogP contribution in [0.25, 0.3) is 0 Å². The Morgan fingerprint density at radius 2 is 1.93 bits per heavy atom. The molecule has 0 saturated carbocycles. The first kappa shape index (κ1) is 21.2. The van der Waals surface area contributed by atoms with Crippen LogP contribution < -0.4 is 10.1 Å². The van der Waals surface area contributed by atoms with Gasteiger partial charge in [-0.3, -0.25) is 9.59 Å². The van der Waals surface area contributed by atoms with Gasteiger partial charge in [-0.25, -0.2) is 0 Å². The molecule has 2 atom stereocenters. The lowest BCUT2D eigenvalue weighted by Gasteiger charge is -2.23. The van der Waals surface area contributed by atoms with Crippen molar-refractivity contribution < 1.29 is 37.3 Å². The Bertz CT molecular complexity index is 967. The van der Waals surface area contributed by atoms with Crippen molar-refractivity contribution in [3.05, 3.63) is 57.6 Å². The Morgan fingerprint density at radius 1 is 1.21 bits per heavy atom. The monoisotopic (exact) mass is 449 g/mol. The maximum atomic E-state index is 12.7. The Kier molecular flexibility index (Phi) is 5.92. The number of benzene rings is 2. The van der Waals surface area contributed by atoms with E-state index >= 15 is 0 Å². The number of carboxylic acid groups (broad SMARTS) is 1. The van der Waals surface area contributed by atoms with Crippen LogP contribution in [0.4, 0.5) is 18.9 Å². The summed E-state index contributed by atoms with van der Waals surface area (Å²) in [6, 6.07) is 8.07. The predicted molar refractivity (Wildman–Crippen MR) is 97.2 cm³/mol. The van der Waals surface area contributed by atoms with Gasteiger partial charge >= 0.3 is 12.3 Å². The number of ether oxygens (including phenoxy) is 2. The van der Waals surface area contributed by atoms with Crippen LogP contribution in [0, 0.1) is 0 Å². The summed E-state index contributed by atoms with van der Waals surface area (Å²) >= 11 is 12.2. The fourth-order valence-electron chi connectivity index (χ4n) is 2.85. The van der Waals surface area contributed by atoms with Crippen LogP contribution in [0.5, 0.6) is 5.75 Å². The highest BCUT2D eigenvalue weighted by Gasteiger charge is 2.36. The van der Waals surface area contributed by atoms with Gasteiger partial charge in [0.15, 0.2) is 0 Å². The van der Waals surface area contributed by atoms with Gasteiger partial charge in [0.25, 0.3) is 5.91 Å². The van der Waals surface area contributed by atoms with Gasteiger partial charge in [0.1, 0.15) is 18.0 Å². The minimum atomic E-state index is -4.98. The average Bonchev–Trinajstić information content (AvgIpc) is 2.73. The van der Waals surface area contributed by atoms with E-state index in [0.717, 1.165) is 6.07 Å². The van der Waals surface area contributed by atoms with E-state index in [1.807, 2.05) is 0 Å². The molecule has 2 unspecified atom stereocenters. The molecule has 11 heteroatoms. The van der Waals surface area contributed by atoms with Crippen LogP contribution in [0.1, 0.15) is 23.7 Å². The number of carbonyl (C=O) groups is 2. The predicted octanol–water partition coefficient (Wildman–Crippen LogP) is 4.79. The van der Waals surface area contributed by atoms with Gasteiger partial charge in [-0.1, -0.05) is 35.3 Å². The molecule has 0 spiro atoms. The van der Waals surface area contributed by atoms with E-state index in [0.29, 0.717) is 5.56 Å². The van der Waals surface area contributed by atoms with Crippen LogP contribution in [0.2, 0.25) is 10.0 Å². The molecule has 2 aromatic carbocycles. The van der Waals surface area contributed by atoms with E-state index in [1.165, 1.54) is 30.3 Å². The number of fused-ring (bicyclic) bond motifs is 1. The molecular weight excluding hydrogens is 438 g/mol. The van der Waals surface area contributed by atoms with E-state index in [2.05, 4.69) is 10.1 Å². The molecule has 0 saturated heterocycles. The molecular formula is C18H12Cl2F3NO5. The first-order chi connectivity index (χ1) is 13.5. The van der Waals surface area contributed by atoms with Crippen LogP contribution in [-0.2, 0) is 14.3 Å². The quantitative estimate of drug-likeness (QED) is 0.700. The van der Waals surface area contributed by atoms with Crippen molar-refractivity contribution >= 4 is 40.8 Å². The van der Waals surface area contributed by atoms with Crippen molar-refractivity contribution in [3.63, 3.8) is 0 Å². The van der Waals surface area contributed by atoms with Gasteiger partial charge < -0.3 is 19.9 Å². The molecule has 3 rings (SSSR count). The summed E-state index contributed by atoms with van der Waals surface area (Å²) in [5.41, 5.74) is 0.601. The normalized spacial score (nSPS) is 19.1. The second-order valence-corrected chi connectivity index (χ2v) is 6.85. The lowest BCUT2D eigenvalue weighted by atomic mass is 9.99. The van der Waals surface area contributed by atoms with Gasteiger partial charge in [0.05, 0.1) is 11.4 Å². The van der Waals surface area contributed by atoms with Crippen LogP contribution in [0.3, 0.4) is 0 Å². The number of alkyl halides is 3. The van der Waals surface area contributed by atoms with Gasteiger partial charge in [-0.15, -0.1) is 13.2 Å². The van der Waals surface area contributed by atoms with E-state index in [-0.39, 0.29) is 16.3 Å². The standard InChI is InChI=1S/C18H12Cl2F3NO5/c19-8-4-5-11-10(6-8)16(28-13(7-14(25)26)17(27)24-11)9-2-1-3-12(15(9)20)29-18(21,22)23/h1-6,13,16H,7H2,(H,24,27)(H,25,26). The van der Waals surface area contributed by atoms with E-state index in [9.17, 15) is 22.8 Å². The van der Waals surface area contributed by atoms with Gasteiger partial charge in [0.2, 0.25) is 0 Å². The topological polar surface area (TPSA) is 84.9 Å². The minimum absolute atomic E-state index is 0.0452. The second kappa shape index (κ2) is 8.10. The number of hydrogen-bond donors (Lipinski definition) is 2. The maximum Gasteiger partial charge on any atom is 0.573 e. The summed E-state index contributed by atoms with van der Waals surface area (Å²) in [6.45, 7) is 0. The van der Waals surface area contributed by atoms with E-state index in [1.54, 1.807) is 0 Å². The van der Waals surface area contributed by atoms with Gasteiger partial charge in [-0.05, 0) is 24.3 Å². The fraction of sp³-hybridized carbons (Fsp3) is 0.222. The first-order valence-electron chi connectivity index (χ1n) is 8.07. The van der Waals surface area contributed by atoms with E-state index < -0.39 is 47.6 Å². The smallest absolute Gasteiger partial charge is 0.481 e. The zero-order valence-corrected chi connectivity index (χ0v) is 15.8. The zero-order valence-electron chi connectivity index (χ0n) is 14.3. The lowest BCUT2D eigenvalue weighted by Crippen LogP contribution is -2.31. The summed E-state index contributed by atoms with van der Waals surface area (Å²) in [4.78, 5) is 23.5. The summed E-state index contributed by atoms with van der Waals surface area (Å²) in [5, 5.41) is 11.5. The number of carbonyl (C=O) groups excluding carboxylic acids is 1. The molecule has 2 N–H and O–H groups in total. The van der Waals surface area contributed by atoms with E-state index in [4.69, 9.17) is 33.0 Å². The molecule has 0 bridgehead atoms. The Balaban J connectivity index is 2.12. The molecule has 1 heterocycles. The minimum Gasteiger partial charge on any atom is -0.481 e. The third kappa shape index (κ3) is 4.92. The SMILES string of the molecule is O=C(O)CC1OC(c2cccc(OC(F)(F)F)c2Cl)c2cc(Cl)ccc2NC1=O. The third-order valence-corrected chi connectivity index (χ3v) is 4.65. The van der Waals surface area contributed by atoms with Gasteiger partial charge in [-0.2, -0.15) is 0 Å². The molecule has 0 aliphatic carbocycles. The second-order valence-electron chi connectivity index (χ2n) is 6.03. The van der Waals surface area contributed by atoms with Crippen molar-refractivity contribution in [2.45, 2.75) is 25.0 Å². The number of halogens is 5. The number of rotatable bonds is 4.